The quantitative estimate of drug-likeness (QED) is 0.802. The lowest BCUT2D eigenvalue weighted by molar-refractivity contribution is -0.126. The minimum Gasteiger partial charge on any atom is -0.351 e. The van der Waals surface area contributed by atoms with Gasteiger partial charge in [-0.3, -0.25) is 9.69 Å². The average Bonchev–Trinajstić information content (AvgIpc) is 3.24. The highest BCUT2D eigenvalue weighted by Gasteiger charge is 2.57. The Bertz CT molecular complexity index is 916. The van der Waals surface area contributed by atoms with E-state index in [0.29, 0.717) is 19.0 Å². The van der Waals surface area contributed by atoms with Gasteiger partial charge in [-0.1, -0.05) is 19.3 Å². The standard InChI is InChI=1S/C20H29N5O3S/c1-29(27,28)24-11-7-14(8-12-24)22-19-21-13-16-17(23-19)25(15-5-2-3-6-15)18(26)20(16)9-4-10-20/h13-15H,2-12H2,1H3,(H,21,22,23). The molecule has 1 N–H and O–H groups in total. The van der Waals surface area contributed by atoms with E-state index < -0.39 is 10.0 Å². The Morgan fingerprint density at radius 3 is 2.38 bits per heavy atom. The van der Waals surface area contributed by atoms with E-state index in [-0.39, 0.29) is 23.4 Å². The lowest BCUT2D eigenvalue weighted by Crippen LogP contribution is -2.48. The van der Waals surface area contributed by atoms with E-state index in [1.807, 2.05) is 11.1 Å². The average molecular weight is 420 g/mol. The summed E-state index contributed by atoms with van der Waals surface area (Å²) in [7, 11) is -3.13. The first-order valence-electron chi connectivity index (χ1n) is 10.8. The molecule has 0 radical (unpaired) electrons. The third-order valence-corrected chi connectivity index (χ3v) is 8.60. The van der Waals surface area contributed by atoms with Crippen molar-refractivity contribution in [1.29, 1.82) is 0 Å². The number of nitrogens with one attached hydrogen (secondary N) is 1. The van der Waals surface area contributed by atoms with E-state index in [1.165, 1.54) is 23.4 Å². The first-order chi connectivity index (χ1) is 13.9. The minimum atomic E-state index is -3.13. The van der Waals surface area contributed by atoms with E-state index in [0.717, 1.165) is 56.3 Å². The summed E-state index contributed by atoms with van der Waals surface area (Å²) in [6, 6.07) is 0.405. The molecule has 0 atom stereocenters. The monoisotopic (exact) mass is 419 g/mol. The lowest BCUT2D eigenvalue weighted by atomic mass is 9.66. The fraction of sp³-hybridized carbons (Fsp3) is 0.750. The summed E-state index contributed by atoms with van der Waals surface area (Å²) in [5.41, 5.74) is 0.634. The Morgan fingerprint density at radius 2 is 1.79 bits per heavy atom. The van der Waals surface area contributed by atoms with Crippen LogP contribution in [0.5, 0.6) is 0 Å². The third-order valence-electron chi connectivity index (χ3n) is 7.29. The SMILES string of the molecule is CS(=O)(=O)N1CCC(Nc2ncc3c(n2)N(C2CCCC2)C(=O)C32CCC2)CC1. The van der Waals surface area contributed by atoms with Crippen molar-refractivity contribution in [2.24, 2.45) is 0 Å². The number of hydrogen-bond acceptors (Lipinski definition) is 6. The number of carbonyl (C=O) groups excluding carboxylic acids is 1. The second kappa shape index (κ2) is 6.91. The number of piperidine rings is 1. The van der Waals surface area contributed by atoms with E-state index in [2.05, 4.69) is 10.3 Å². The number of hydrogen-bond donors (Lipinski definition) is 1. The van der Waals surface area contributed by atoms with Crippen LogP contribution in [0.3, 0.4) is 0 Å². The topological polar surface area (TPSA) is 95.5 Å². The summed E-state index contributed by atoms with van der Waals surface area (Å²) < 4.78 is 24.9. The predicted octanol–water partition coefficient (Wildman–Crippen LogP) is 2.02. The molecule has 5 rings (SSSR count). The third kappa shape index (κ3) is 3.13. The number of aromatic nitrogens is 2. The van der Waals surface area contributed by atoms with Crippen molar-refractivity contribution in [2.75, 3.05) is 29.6 Å². The summed E-state index contributed by atoms with van der Waals surface area (Å²) in [4.78, 5) is 24.7. The van der Waals surface area contributed by atoms with Gasteiger partial charge in [0, 0.05) is 36.9 Å². The molecule has 2 saturated carbocycles. The van der Waals surface area contributed by atoms with Crippen molar-refractivity contribution >= 4 is 27.7 Å². The number of rotatable bonds is 4. The van der Waals surface area contributed by atoms with E-state index in [9.17, 15) is 13.2 Å². The summed E-state index contributed by atoms with van der Waals surface area (Å²) in [6.07, 6.45) is 11.9. The fourth-order valence-electron chi connectivity index (χ4n) is 5.43. The molecule has 1 saturated heterocycles. The number of fused-ring (bicyclic) bond motifs is 2. The Kier molecular flexibility index (Phi) is 4.58. The lowest BCUT2D eigenvalue weighted by Gasteiger charge is -2.37. The summed E-state index contributed by atoms with van der Waals surface area (Å²) in [5.74, 6) is 1.60. The molecule has 158 valence electrons. The van der Waals surface area contributed by atoms with Crippen LogP contribution >= 0.6 is 0 Å². The summed E-state index contributed by atoms with van der Waals surface area (Å²) in [5, 5.41) is 3.39. The molecule has 8 nitrogen and oxygen atoms in total. The van der Waals surface area contributed by atoms with E-state index in [1.54, 1.807) is 0 Å². The molecular weight excluding hydrogens is 390 g/mol. The molecule has 2 aliphatic heterocycles. The van der Waals surface area contributed by atoms with Gasteiger partial charge in [0.05, 0.1) is 11.7 Å². The smallest absolute Gasteiger partial charge is 0.239 e. The number of amides is 1. The highest BCUT2D eigenvalue weighted by Crippen LogP contribution is 2.54. The van der Waals surface area contributed by atoms with Crippen molar-refractivity contribution in [3.63, 3.8) is 0 Å². The van der Waals surface area contributed by atoms with Crippen LogP contribution in [-0.4, -0.2) is 60.0 Å². The van der Waals surface area contributed by atoms with Gasteiger partial charge in [-0.05, 0) is 38.5 Å². The molecule has 0 aromatic carbocycles. The maximum atomic E-state index is 13.4. The van der Waals surface area contributed by atoms with E-state index >= 15 is 0 Å². The van der Waals surface area contributed by atoms with Gasteiger partial charge in [-0.15, -0.1) is 0 Å². The molecule has 3 fully saturated rings. The van der Waals surface area contributed by atoms with Crippen molar-refractivity contribution in [2.45, 2.75) is 75.3 Å². The predicted molar refractivity (Wildman–Crippen MR) is 110 cm³/mol. The van der Waals surface area contributed by atoms with Crippen LogP contribution < -0.4 is 10.2 Å². The second-order valence-corrected chi connectivity index (χ2v) is 11.0. The van der Waals surface area contributed by atoms with Gasteiger partial charge >= 0.3 is 0 Å². The van der Waals surface area contributed by atoms with Crippen molar-refractivity contribution in [1.82, 2.24) is 14.3 Å². The Labute approximate surface area is 172 Å². The van der Waals surface area contributed by atoms with Crippen LogP contribution in [0, 0.1) is 0 Å². The molecule has 0 unspecified atom stereocenters. The molecule has 3 heterocycles. The van der Waals surface area contributed by atoms with Crippen molar-refractivity contribution in [3.8, 4) is 0 Å². The molecule has 9 heteroatoms. The Balaban J connectivity index is 1.37. The molecular formula is C20H29N5O3S. The molecule has 1 amide bonds. The van der Waals surface area contributed by atoms with Crippen LogP contribution in [0.2, 0.25) is 0 Å². The number of anilines is 2. The number of carbonyl (C=O) groups is 1. The molecule has 1 aromatic heterocycles. The maximum Gasteiger partial charge on any atom is 0.239 e. The Morgan fingerprint density at radius 1 is 1.10 bits per heavy atom. The van der Waals surface area contributed by atoms with Gasteiger partial charge in [0.1, 0.15) is 5.82 Å². The van der Waals surface area contributed by atoms with E-state index in [4.69, 9.17) is 4.98 Å². The molecule has 0 bridgehead atoms. The normalized spacial score (nSPS) is 25.4. The molecule has 4 aliphatic rings. The molecule has 2 aliphatic carbocycles. The molecule has 1 aromatic rings. The maximum absolute atomic E-state index is 13.4. The second-order valence-electron chi connectivity index (χ2n) is 9.06. The Hall–Kier alpha value is -1.74. The number of nitrogens with zero attached hydrogens (tertiary/aromatic N) is 4. The van der Waals surface area contributed by atoms with Gasteiger partial charge in [-0.25, -0.2) is 17.7 Å². The van der Waals surface area contributed by atoms with Gasteiger partial charge in [0.15, 0.2) is 0 Å². The first-order valence-corrected chi connectivity index (χ1v) is 12.7. The highest BCUT2D eigenvalue weighted by atomic mass is 32.2. The van der Waals surface area contributed by atoms with Crippen molar-refractivity contribution < 1.29 is 13.2 Å². The van der Waals surface area contributed by atoms with Gasteiger partial charge in [-0.2, -0.15) is 4.98 Å². The van der Waals surface area contributed by atoms with Crippen LogP contribution in [0.25, 0.3) is 0 Å². The zero-order valence-corrected chi connectivity index (χ0v) is 17.7. The van der Waals surface area contributed by atoms with Crippen LogP contribution in [0.1, 0.15) is 63.4 Å². The van der Waals surface area contributed by atoms with Gasteiger partial charge in [0.25, 0.3) is 0 Å². The van der Waals surface area contributed by atoms with Gasteiger partial charge in [0.2, 0.25) is 21.9 Å². The summed E-state index contributed by atoms with van der Waals surface area (Å²) >= 11 is 0. The molecule has 29 heavy (non-hydrogen) atoms. The van der Waals surface area contributed by atoms with Gasteiger partial charge < -0.3 is 5.32 Å². The van der Waals surface area contributed by atoms with Crippen molar-refractivity contribution in [3.05, 3.63) is 11.8 Å². The minimum absolute atomic E-state index is 0.140. The summed E-state index contributed by atoms with van der Waals surface area (Å²) in [6.45, 7) is 1.02. The van der Waals surface area contributed by atoms with Crippen LogP contribution in [-0.2, 0) is 20.2 Å². The zero-order chi connectivity index (χ0) is 20.2. The largest absolute Gasteiger partial charge is 0.351 e. The highest BCUT2D eigenvalue weighted by molar-refractivity contribution is 7.88. The zero-order valence-electron chi connectivity index (χ0n) is 16.9. The first kappa shape index (κ1) is 19.2. The fourth-order valence-corrected chi connectivity index (χ4v) is 6.31. The number of sulfonamides is 1. The molecule has 1 spiro atoms. The van der Waals surface area contributed by atoms with Crippen LogP contribution in [0.15, 0.2) is 6.20 Å². The van der Waals surface area contributed by atoms with Crippen LogP contribution in [0.4, 0.5) is 11.8 Å².